The van der Waals surface area contributed by atoms with Crippen molar-refractivity contribution in [2.75, 3.05) is 6.61 Å². The molecule has 18 nitrogen and oxygen atoms in total. The Morgan fingerprint density at radius 2 is 1.18 bits per heavy atom. The molecule has 0 unspecified atom stereocenters. The first-order chi connectivity index (χ1) is 24.2. The zero-order chi connectivity index (χ0) is 36.9. The Morgan fingerprint density at radius 3 is 1.80 bits per heavy atom. The van der Waals surface area contributed by atoms with Crippen LogP contribution in [0, 0.1) is 0 Å². The van der Waals surface area contributed by atoms with Crippen LogP contribution in [0.1, 0.15) is 13.8 Å². The third-order valence-corrected chi connectivity index (χ3v) is 9.15. The van der Waals surface area contributed by atoms with Gasteiger partial charge in [-0.3, -0.25) is 4.79 Å². The van der Waals surface area contributed by atoms with Crippen LogP contribution < -0.4 is 14.9 Å². The summed E-state index contributed by atoms with van der Waals surface area (Å²) in [4.78, 5) is 14.0. The SMILES string of the molecule is C[C@@H]1O[C@@H](Oc2ccc3c(=O)c(O[C@@H]4O[C@H](CO[C@H]5O[C@@H](C)[C@H](O)[C@@H](O)[C@H]5O)[C@@H](O)[C@H](O)[C@H]4O)c(-c4ccc(O)cc4)oc3c2)[C@H](O)[C@H](O)[C@H]1O. The van der Waals surface area contributed by atoms with Gasteiger partial charge in [-0.05, 0) is 50.2 Å². The highest BCUT2D eigenvalue weighted by Gasteiger charge is 2.48. The molecular weight excluding hydrogens is 684 g/mol. The van der Waals surface area contributed by atoms with Gasteiger partial charge in [0, 0.05) is 11.6 Å². The van der Waals surface area contributed by atoms with E-state index in [0.29, 0.717) is 0 Å². The highest BCUT2D eigenvalue weighted by molar-refractivity contribution is 5.83. The molecule has 3 fully saturated rings. The Morgan fingerprint density at radius 1 is 0.627 bits per heavy atom. The van der Waals surface area contributed by atoms with E-state index in [1.54, 1.807) is 0 Å². The quantitative estimate of drug-likeness (QED) is 0.114. The van der Waals surface area contributed by atoms with Crippen LogP contribution in [0.25, 0.3) is 22.3 Å². The molecule has 0 radical (unpaired) electrons. The number of ether oxygens (including phenoxy) is 6. The van der Waals surface area contributed by atoms with Crippen LogP contribution >= 0.6 is 0 Å². The minimum atomic E-state index is -1.92. The molecule has 3 aliphatic heterocycles. The number of benzene rings is 2. The van der Waals surface area contributed by atoms with E-state index in [2.05, 4.69) is 0 Å². The molecule has 3 saturated heterocycles. The van der Waals surface area contributed by atoms with Crippen molar-refractivity contribution in [3.63, 3.8) is 0 Å². The average molecular weight is 725 g/mol. The van der Waals surface area contributed by atoms with Gasteiger partial charge in [-0.15, -0.1) is 0 Å². The van der Waals surface area contributed by atoms with E-state index in [4.69, 9.17) is 32.8 Å². The van der Waals surface area contributed by atoms with Gasteiger partial charge in [0.2, 0.25) is 23.8 Å². The molecule has 0 aliphatic carbocycles. The molecule has 18 heteroatoms. The number of fused-ring (bicyclic) bond motifs is 1. The van der Waals surface area contributed by atoms with Gasteiger partial charge >= 0.3 is 0 Å². The Balaban J connectivity index is 1.29. The highest BCUT2D eigenvalue weighted by atomic mass is 16.7. The smallest absolute Gasteiger partial charge is 0.235 e. The van der Waals surface area contributed by atoms with Crippen LogP contribution in [0.4, 0.5) is 0 Å². The van der Waals surface area contributed by atoms with Gasteiger partial charge in [-0.2, -0.15) is 0 Å². The van der Waals surface area contributed by atoms with Crippen molar-refractivity contribution in [3.05, 3.63) is 52.7 Å². The molecule has 6 rings (SSSR count). The molecule has 3 aliphatic rings. The number of phenols is 1. The second kappa shape index (κ2) is 14.9. The average Bonchev–Trinajstić information content (AvgIpc) is 3.11. The topological polar surface area (TPSA) is 288 Å². The predicted octanol–water partition coefficient (Wildman–Crippen LogP) is -2.60. The second-order valence-electron chi connectivity index (χ2n) is 12.7. The molecule has 0 spiro atoms. The number of aliphatic hydroxyl groups is 9. The van der Waals surface area contributed by atoms with Gasteiger partial charge < -0.3 is 83.9 Å². The molecule has 0 amide bonds. The van der Waals surface area contributed by atoms with Crippen LogP contribution in [-0.4, -0.2) is 150 Å². The van der Waals surface area contributed by atoms with E-state index in [1.165, 1.54) is 56.3 Å². The number of rotatable bonds is 8. The molecule has 51 heavy (non-hydrogen) atoms. The lowest BCUT2D eigenvalue weighted by Gasteiger charge is -2.42. The zero-order valence-electron chi connectivity index (χ0n) is 27.1. The minimum absolute atomic E-state index is 0.0466. The number of phenolic OH excluding ortho intramolecular Hbond substituents is 1. The maximum absolute atomic E-state index is 14.0. The van der Waals surface area contributed by atoms with Crippen molar-refractivity contribution in [3.8, 4) is 28.6 Å². The summed E-state index contributed by atoms with van der Waals surface area (Å²) >= 11 is 0. The van der Waals surface area contributed by atoms with Crippen molar-refractivity contribution in [1.82, 2.24) is 0 Å². The second-order valence-corrected chi connectivity index (χ2v) is 12.7. The molecule has 15 atom stereocenters. The fourth-order valence-electron chi connectivity index (χ4n) is 5.99. The number of hydrogen-bond donors (Lipinski definition) is 10. The van der Waals surface area contributed by atoms with Gasteiger partial charge in [-0.1, -0.05) is 0 Å². The molecule has 0 saturated carbocycles. The third-order valence-electron chi connectivity index (χ3n) is 9.15. The summed E-state index contributed by atoms with van der Waals surface area (Å²) in [6.45, 7) is 2.35. The van der Waals surface area contributed by atoms with Gasteiger partial charge in [0.05, 0.1) is 24.2 Å². The molecule has 1 aromatic heterocycles. The maximum Gasteiger partial charge on any atom is 0.235 e. The van der Waals surface area contributed by atoms with Crippen molar-refractivity contribution >= 4 is 11.0 Å². The summed E-state index contributed by atoms with van der Waals surface area (Å²) < 4.78 is 39.8. The first-order valence-electron chi connectivity index (χ1n) is 16.1. The van der Waals surface area contributed by atoms with E-state index in [0.717, 1.165) is 0 Å². The molecule has 10 N–H and O–H groups in total. The van der Waals surface area contributed by atoms with Crippen LogP contribution in [-0.2, 0) is 18.9 Å². The molecule has 2 aromatic carbocycles. The van der Waals surface area contributed by atoms with Gasteiger partial charge in [-0.25, -0.2) is 0 Å². The summed E-state index contributed by atoms with van der Waals surface area (Å²) in [5.41, 5.74) is -0.614. The minimum Gasteiger partial charge on any atom is -0.508 e. The van der Waals surface area contributed by atoms with Gasteiger partial charge in [0.25, 0.3) is 0 Å². The number of hydrogen-bond acceptors (Lipinski definition) is 18. The molecule has 4 heterocycles. The van der Waals surface area contributed by atoms with Gasteiger partial charge in [0.1, 0.15) is 78.1 Å². The summed E-state index contributed by atoms with van der Waals surface area (Å²) in [5.74, 6) is -0.772. The molecular formula is C33H40O18. The number of aliphatic hydroxyl groups excluding tert-OH is 9. The summed E-state index contributed by atoms with van der Waals surface area (Å²) in [6.07, 6.45) is -22.7. The van der Waals surface area contributed by atoms with E-state index < -0.39 is 110 Å². The fourth-order valence-corrected chi connectivity index (χ4v) is 5.99. The molecule has 0 bridgehead atoms. The van der Waals surface area contributed by atoms with Crippen molar-refractivity contribution in [2.45, 2.75) is 106 Å². The Labute approximate surface area is 288 Å². The third kappa shape index (κ3) is 7.29. The van der Waals surface area contributed by atoms with Crippen LogP contribution in [0.5, 0.6) is 17.2 Å². The lowest BCUT2D eigenvalue weighted by Crippen LogP contribution is -2.61. The summed E-state index contributed by atoms with van der Waals surface area (Å²) in [6, 6.07) is 9.39. The maximum atomic E-state index is 14.0. The first-order valence-corrected chi connectivity index (χ1v) is 16.1. The zero-order valence-corrected chi connectivity index (χ0v) is 27.1. The highest BCUT2D eigenvalue weighted by Crippen LogP contribution is 2.36. The predicted molar refractivity (Wildman–Crippen MR) is 168 cm³/mol. The van der Waals surface area contributed by atoms with Crippen LogP contribution in [0.2, 0.25) is 0 Å². The normalized spacial score (nSPS) is 38.8. The van der Waals surface area contributed by atoms with E-state index >= 15 is 0 Å². The van der Waals surface area contributed by atoms with Crippen molar-refractivity contribution in [1.29, 1.82) is 0 Å². The van der Waals surface area contributed by atoms with Crippen molar-refractivity contribution < 1.29 is 83.9 Å². The fraction of sp³-hybridized carbons (Fsp3) is 0.545. The van der Waals surface area contributed by atoms with Crippen molar-refractivity contribution in [2.24, 2.45) is 0 Å². The summed E-state index contributed by atoms with van der Waals surface area (Å²) in [7, 11) is 0. The van der Waals surface area contributed by atoms with Crippen LogP contribution in [0.3, 0.4) is 0 Å². The van der Waals surface area contributed by atoms with E-state index in [1.807, 2.05) is 0 Å². The van der Waals surface area contributed by atoms with E-state index in [9.17, 15) is 55.9 Å². The Bertz CT molecular complexity index is 1720. The lowest BCUT2D eigenvalue weighted by atomic mass is 9.98. The Hall–Kier alpha value is -3.47. The van der Waals surface area contributed by atoms with Crippen LogP contribution in [0.15, 0.2) is 51.7 Å². The molecule has 3 aromatic rings. The first kappa shape index (κ1) is 37.3. The molecule has 280 valence electrons. The lowest BCUT2D eigenvalue weighted by molar-refractivity contribution is -0.318. The Kier molecular flexibility index (Phi) is 10.9. The largest absolute Gasteiger partial charge is 0.508 e. The summed E-state index contributed by atoms with van der Waals surface area (Å²) in [5, 5.41) is 103. The number of aromatic hydroxyl groups is 1. The van der Waals surface area contributed by atoms with E-state index in [-0.39, 0.29) is 33.8 Å². The monoisotopic (exact) mass is 724 g/mol. The van der Waals surface area contributed by atoms with Gasteiger partial charge in [0.15, 0.2) is 12.1 Å². The standard InChI is InChI=1S/C33H40O18/c1-11-19(35)23(39)26(42)31(46-11)45-10-18-22(38)25(41)28(44)33(50-18)51-30-21(37)16-8-7-15(48-32-27(43)24(40)20(36)12(2)47-32)9-17(16)49-29(30)13-3-5-14(34)6-4-13/h3-9,11-12,18-20,22-28,31-36,38-44H,10H2,1-2H3/t11-,12-,18+,19-,20-,22+,23+,24+,25-,26+,27+,28+,31-,32-,33-/m0/s1.